The Hall–Kier alpha value is -2.81. The van der Waals surface area contributed by atoms with Crippen LogP contribution in [0.2, 0.25) is 0 Å². The normalized spacial score (nSPS) is 16.3. The molecule has 8 nitrogen and oxygen atoms in total. The van der Waals surface area contributed by atoms with E-state index in [9.17, 15) is 9.90 Å². The lowest BCUT2D eigenvalue weighted by atomic mass is 9.99. The Morgan fingerprint density at radius 1 is 1.32 bits per heavy atom. The Morgan fingerprint density at radius 2 is 2.04 bits per heavy atom. The van der Waals surface area contributed by atoms with Crippen LogP contribution in [0.25, 0.3) is 0 Å². The van der Waals surface area contributed by atoms with Gasteiger partial charge in [0.2, 0.25) is 5.88 Å². The number of ether oxygens (including phenoxy) is 2. The molecule has 1 aromatic heterocycles. The molecule has 25 heavy (non-hydrogen) atoms. The number of aromatic nitrogens is 2. The highest BCUT2D eigenvalue weighted by Crippen LogP contribution is 2.33. The van der Waals surface area contributed by atoms with Crippen LogP contribution < -0.4 is 20.5 Å². The van der Waals surface area contributed by atoms with Crippen LogP contribution in [-0.4, -0.2) is 34.6 Å². The molecule has 0 fully saturated rings. The van der Waals surface area contributed by atoms with Gasteiger partial charge in [-0.2, -0.15) is 5.10 Å². The molecule has 0 saturated heterocycles. The molecule has 9 heteroatoms. The quantitative estimate of drug-likeness (QED) is 0.715. The third kappa shape index (κ3) is 2.98. The van der Waals surface area contributed by atoms with Crippen molar-refractivity contribution in [3.63, 3.8) is 0 Å². The number of rotatable bonds is 4. The van der Waals surface area contributed by atoms with Crippen molar-refractivity contribution in [2.45, 2.75) is 12.5 Å². The molecular weight excluding hydrogens is 344 g/mol. The lowest BCUT2D eigenvalue weighted by Gasteiger charge is -2.14. The Balaban J connectivity index is 1.91. The summed E-state index contributed by atoms with van der Waals surface area (Å²) >= 11 is 4.98. The van der Waals surface area contributed by atoms with Crippen molar-refractivity contribution in [2.75, 3.05) is 14.2 Å². The lowest BCUT2D eigenvalue weighted by molar-refractivity contribution is 0.354. The predicted octanol–water partition coefficient (Wildman–Crippen LogP) is 1.60. The number of H-pyrrole nitrogens is 1. The average molecular weight is 362 g/mol. The van der Waals surface area contributed by atoms with Crippen LogP contribution in [0.5, 0.6) is 17.4 Å². The molecule has 0 radical (unpaired) electrons. The maximum atomic E-state index is 12.2. The molecular formula is C16H18N4O4S. The van der Waals surface area contributed by atoms with Gasteiger partial charge in [-0.1, -0.05) is 6.07 Å². The van der Waals surface area contributed by atoms with Crippen molar-refractivity contribution in [2.24, 2.45) is 12.1 Å². The van der Waals surface area contributed by atoms with Crippen molar-refractivity contribution in [1.29, 1.82) is 0 Å². The Morgan fingerprint density at radius 3 is 2.72 bits per heavy atom. The molecule has 1 atom stereocenters. The summed E-state index contributed by atoms with van der Waals surface area (Å²) in [6, 6.07) is 5.41. The standard InChI is InChI=1S/C16H18N4O4S/c1-20-15(22)13(14(21)17-16(20)25)10-7-9(18-19-10)8-4-5-11(23-2)12(6-8)24-3/h4-6,9,18,22H,7H2,1-3H3,(H,17,21,25)/t9-/m0/s1. The average Bonchev–Trinajstić information content (AvgIpc) is 3.08. The second kappa shape index (κ2) is 6.60. The first kappa shape index (κ1) is 17.0. The van der Waals surface area contributed by atoms with Gasteiger partial charge < -0.3 is 20.0 Å². The largest absolute Gasteiger partial charge is 0.494 e. The molecule has 0 unspecified atom stereocenters. The summed E-state index contributed by atoms with van der Waals surface area (Å²) in [6.45, 7) is 0. The summed E-state index contributed by atoms with van der Waals surface area (Å²) in [5.41, 5.74) is 4.03. The number of methoxy groups -OCH3 is 2. The molecule has 3 N–H and O–H groups in total. The summed E-state index contributed by atoms with van der Waals surface area (Å²) in [5, 5.41) is 14.5. The van der Waals surface area contributed by atoms with Crippen molar-refractivity contribution in [3.8, 4) is 17.4 Å². The van der Waals surface area contributed by atoms with Crippen molar-refractivity contribution >= 4 is 17.9 Å². The van der Waals surface area contributed by atoms with Crippen LogP contribution in [0, 0.1) is 4.77 Å². The fourth-order valence-electron chi connectivity index (χ4n) is 2.73. The molecule has 3 rings (SSSR count). The predicted molar refractivity (Wildman–Crippen MR) is 95.1 cm³/mol. The second-order valence-corrected chi connectivity index (χ2v) is 5.96. The van der Waals surface area contributed by atoms with E-state index in [1.54, 1.807) is 21.3 Å². The number of nitrogens with one attached hydrogen (secondary N) is 2. The first-order chi connectivity index (χ1) is 12.0. The van der Waals surface area contributed by atoms with E-state index >= 15 is 0 Å². The van der Waals surface area contributed by atoms with E-state index in [0.717, 1.165) is 5.56 Å². The van der Waals surface area contributed by atoms with Crippen LogP contribution in [0.4, 0.5) is 0 Å². The fraction of sp³-hybridized carbons (Fsp3) is 0.312. The van der Waals surface area contributed by atoms with Gasteiger partial charge in [-0.05, 0) is 29.9 Å². The second-order valence-electron chi connectivity index (χ2n) is 5.58. The van der Waals surface area contributed by atoms with Crippen LogP contribution in [-0.2, 0) is 7.05 Å². The number of nitrogens with zero attached hydrogens (tertiary/aromatic N) is 2. The topological polar surface area (TPSA) is 101 Å². The van der Waals surface area contributed by atoms with Gasteiger partial charge in [-0.25, -0.2) is 0 Å². The highest BCUT2D eigenvalue weighted by Gasteiger charge is 2.27. The van der Waals surface area contributed by atoms with Gasteiger partial charge in [0.05, 0.1) is 26.0 Å². The number of hydrogen-bond donors (Lipinski definition) is 3. The van der Waals surface area contributed by atoms with E-state index in [2.05, 4.69) is 15.5 Å². The molecule has 0 bridgehead atoms. The highest BCUT2D eigenvalue weighted by molar-refractivity contribution is 7.71. The van der Waals surface area contributed by atoms with Crippen LogP contribution in [0.1, 0.15) is 23.6 Å². The minimum absolute atomic E-state index is 0.117. The molecule has 0 amide bonds. The van der Waals surface area contributed by atoms with E-state index in [1.165, 1.54) is 4.57 Å². The smallest absolute Gasteiger partial charge is 0.264 e. The minimum atomic E-state index is -0.464. The first-order valence-corrected chi connectivity index (χ1v) is 7.93. The number of benzene rings is 1. The molecule has 2 heterocycles. The third-order valence-corrected chi connectivity index (χ3v) is 4.52. The number of aromatic amines is 1. The molecule has 0 spiro atoms. The fourth-order valence-corrected chi connectivity index (χ4v) is 2.91. The van der Waals surface area contributed by atoms with E-state index in [0.29, 0.717) is 23.6 Å². The van der Waals surface area contributed by atoms with Gasteiger partial charge in [0, 0.05) is 13.5 Å². The van der Waals surface area contributed by atoms with E-state index < -0.39 is 5.56 Å². The third-order valence-electron chi connectivity index (χ3n) is 4.14. The molecule has 0 saturated carbocycles. The summed E-state index contributed by atoms with van der Waals surface area (Å²) < 4.78 is 12.0. The monoisotopic (exact) mass is 362 g/mol. The number of hydrazone groups is 1. The summed E-state index contributed by atoms with van der Waals surface area (Å²) in [7, 11) is 4.72. The van der Waals surface area contributed by atoms with E-state index in [1.807, 2.05) is 18.2 Å². The Bertz CT molecular complexity index is 964. The molecule has 0 aliphatic carbocycles. The Kier molecular flexibility index (Phi) is 4.49. The van der Waals surface area contributed by atoms with Crippen LogP contribution >= 0.6 is 12.2 Å². The molecule has 1 aromatic carbocycles. The molecule has 2 aromatic rings. The highest BCUT2D eigenvalue weighted by atomic mass is 32.1. The SMILES string of the molecule is COc1ccc([C@@H]2CC(c3c(O)n(C)c(=S)[nH]c3=O)=NN2)cc1OC. The number of aromatic hydroxyl groups is 1. The van der Waals surface area contributed by atoms with Gasteiger partial charge in [0.1, 0.15) is 5.56 Å². The number of hydrogen-bond acceptors (Lipinski definition) is 7. The first-order valence-electron chi connectivity index (χ1n) is 7.53. The zero-order chi connectivity index (χ0) is 18.1. The zero-order valence-electron chi connectivity index (χ0n) is 14.0. The van der Waals surface area contributed by atoms with Gasteiger partial charge in [-0.3, -0.25) is 14.3 Å². The van der Waals surface area contributed by atoms with Crippen molar-refractivity contribution < 1.29 is 14.6 Å². The Labute approximate surface area is 148 Å². The molecule has 1 aliphatic heterocycles. The maximum absolute atomic E-state index is 12.2. The van der Waals surface area contributed by atoms with E-state index in [-0.39, 0.29) is 22.3 Å². The van der Waals surface area contributed by atoms with Crippen molar-refractivity contribution in [3.05, 3.63) is 44.5 Å². The minimum Gasteiger partial charge on any atom is -0.494 e. The van der Waals surface area contributed by atoms with Gasteiger partial charge in [-0.15, -0.1) is 0 Å². The van der Waals surface area contributed by atoms with Gasteiger partial charge >= 0.3 is 0 Å². The summed E-state index contributed by atoms with van der Waals surface area (Å²) in [6.07, 6.45) is 0.433. The zero-order valence-corrected chi connectivity index (χ0v) is 14.8. The molecule has 132 valence electrons. The lowest BCUT2D eigenvalue weighted by Crippen LogP contribution is -2.21. The summed E-state index contributed by atoms with van der Waals surface area (Å²) in [4.78, 5) is 14.7. The molecule has 1 aliphatic rings. The van der Waals surface area contributed by atoms with Gasteiger partial charge in [0.25, 0.3) is 5.56 Å². The maximum Gasteiger partial charge on any atom is 0.264 e. The van der Waals surface area contributed by atoms with E-state index in [4.69, 9.17) is 21.7 Å². The van der Waals surface area contributed by atoms with Crippen LogP contribution in [0.3, 0.4) is 0 Å². The van der Waals surface area contributed by atoms with Crippen molar-refractivity contribution in [1.82, 2.24) is 15.0 Å². The van der Waals surface area contributed by atoms with Gasteiger partial charge in [0.15, 0.2) is 16.3 Å². The summed E-state index contributed by atoms with van der Waals surface area (Å²) in [5.74, 6) is 1.03. The van der Waals surface area contributed by atoms with Crippen LogP contribution in [0.15, 0.2) is 28.1 Å².